The molecule has 8 heteroatoms. The Kier molecular flexibility index (Phi) is 8.86. The number of anilines is 1. The number of carbonyl (C=O) groups is 3. The molecule has 3 N–H and O–H groups in total. The topological polar surface area (TPSA) is 120 Å². The van der Waals surface area contributed by atoms with Crippen LogP contribution >= 0.6 is 0 Å². The lowest BCUT2D eigenvalue weighted by molar-refractivity contribution is -0.112. The fourth-order valence-electron chi connectivity index (χ4n) is 1.84. The number of nitrogens with zero attached hydrogens (tertiary/aromatic N) is 1. The Bertz CT molecular complexity index is 679. The average molecular weight is 344 g/mol. The molecule has 0 spiro atoms. The zero-order valence-corrected chi connectivity index (χ0v) is 13.9. The van der Waals surface area contributed by atoms with Gasteiger partial charge >= 0.3 is 5.97 Å². The second kappa shape index (κ2) is 11.2. The Hall–Kier alpha value is -3.34. The van der Waals surface area contributed by atoms with Gasteiger partial charge in [-0.25, -0.2) is 4.79 Å². The second-order valence-corrected chi connectivity index (χ2v) is 4.77. The van der Waals surface area contributed by atoms with Crippen molar-refractivity contribution in [1.82, 2.24) is 10.6 Å². The molecule has 1 aromatic carbocycles. The van der Waals surface area contributed by atoms with E-state index in [4.69, 9.17) is 10.00 Å². The second-order valence-electron chi connectivity index (χ2n) is 4.77. The van der Waals surface area contributed by atoms with Crippen LogP contribution in [0.1, 0.15) is 23.7 Å². The lowest BCUT2D eigenvalue weighted by Gasteiger charge is -2.10. The first-order valence-electron chi connectivity index (χ1n) is 7.72. The summed E-state index contributed by atoms with van der Waals surface area (Å²) in [6, 6.07) is 8.19. The van der Waals surface area contributed by atoms with Gasteiger partial charge in [-0.15, -0.1) is 0 Å². The van der Waals surface area contributed by atoms with Crippen LogP contribution in [-0.4, -0.2) is 38.0 Å². The normalized spacial score (nSPS) is 10.3. The number of hydrogen-bond acceptors (Lipinski definition) is 6. The summed E-state index contributed by atoms with van der Waals surface area (Å²) in [4.78, 5) is 34.2. The van der Waals surface area contributed by atoms with Crippen molar-refractivity contribution >= 4 is 24.0 Å². The van der Waals surface area contributed by atoms with Gasteiger partial charge in [0, 0.05) is 19.3 Å². The highest BCUT2D eigenvalue weighted by Gasteiger charge is 2.16. The molecule has 1 rings (SSSR count). The van der Waals surface area contributed by atoms with Gasteiger partial charge in [0.25, 0.3) is 5.91 Å². The maximum atomic E-state index is 12.2. The van der Waals surface area contributed by atoms with Crippen molar-refractivity contribution in [1.29, 1.82) is 5.26 Å². The summed E-state index contributed by atoms with van der Waals surface area (Å²) < 4.78 is 4.94. The van der Waals surface area contributed by atoms with Crippen molar-refractivity contribution < 1.29 is 19.1 Å². The first-order chi connectivity index (χ1) is 12.1. The molecule has 0 unspecified atom stereocenters. The van der Waals surface area contributed by atoms with Gasteiger partial charge in [-0.1, -0.05) is 12.1 Å². The van der Waals surface area contributed by atoms with E-state index in [2.05, 4.69) is 16.0 Å². The summed E-state index contributed by atoms with van der Waals surface area (Å²) in [6.45, 7) is 2.88. The first-order valence-corrected chi connectivity index (χ1v) is 7.72. The zero-order chi connectivity index (χ0) is 18.5. The highest BCUT2D eigenvalue weighted by molar-refractivity contribution is 6.09. The molecule has 0 aliphatic heterocycles. The molecule has 0 fully saturated rings. The quantitative estimate of drug-likeness (QED) is 0.191. The molecule has 0 saturated carbocycles. The standard InChI is InChI=1S/C17H20N4O4/c1-2-25-17(24)14-6-3-4-7-15(14)21-16(23)13(10-18)11-19-8-5-9-20-12-22/h3-4,6-7,11-12,19H,2,5,8-9H2,1H3,(H,20,22)(H,21,23)/b13-11-. The summed E-state index contributed by atoms with van der Waals surface area (Å²) in [5, 5.41) is 17.0. The molecule has 0 bridgehead atoms. The van der Waals surface area contributed by atoms with E-state index >= 15 is 0 Å². The van der Waals surface area contributed by atoms with Gasteiger partial charge in [-0.05, 0) is 25.5 Å². The summed E-state index contributed by atoms with van der Waals surface area (Å²) in [6.07, 6.45) is 2.54. The number of ether oxygens (including phenoxy) is 1. The van der Waals surface area contributed by atoms with Crippen LogP contribution in [0.4, 0.5) is 5.69 Å². The van der Waals surface area contributed by atoms with Crippen LogP contribution in [0.2, 0.25) is 0 Å². The average Bonchev–Trinajstić information content (AvgIpc) is 2.61. The lowest BCUT2D eigenvalue weighted by Crippen LogP contribution is -2.21. The minimum absolute atomic E-state index is 0.137. The van der Waals surface area contributed by atoms with Crippen LogP contribution in [-0.2, 0) is 14.3 Å². The molecular formula is C17H20N4O4. The first kappa shape index (κ1) is 19.7. The van der Waals surface area contributed by atoms with Crippen LogP contribution in [0.3, 0.4) is 0 Å². The number of para-hydroxylation sites is 1. The van der Waals surface area contributed by atoms with Crippen LogP contribution in [0.25, 0.3) is 0 Å². The number of nitriles is 1. The molecule has 0 atom stereocenters. The third-order valence-corrected chi connectivity index (χ3v) is 3.01. The molecule has 0 aliphatic carbocycles. The van der Waals surface area contributed by atoms with Crippen molar-refractivity contribution in [3.63, 3.8) is 0 Å². The molecule has 0 saturated heterocycles. The Morgan fingerprint density at radius 2 is 1.96 bits per heavy atom. The molecule has 25 heavy (non-hydrogen) atoms. The Labute approximate surface area is 145 Å². The fourth-order valence-corrected chi connectivity index (χ4v) is 1.84. The minimum Gasteiger partial charge on any atom is -0.462 e. The highest BCUT2D eigenvalue weighted by atomic mass is 16.5. The zero-order valence-electron chi connectivity index (χ0n) is 13.9. The SMILES string of the molecule is CCOC(=O)c1ccccc1NC(=O)/C(C#N)=C\NCCCNC=O. The minimum atomic E-state index is -0.641. The molecule has 0 aliphatic rings. The van der Waals surface area contributed by atoms with E-state index in [0.29, 0.717) is 25.9 Å². The van der Waals surface area contributed by atoms with E-state index < -0.39 is 11.9 Å². The third kappa shape index (κ3) is 6.74. The van der Waals surface area contributed by atoms with Gasteiger partial charge in [0.1, 0.15) is 11.6 Å². The van der Waals surface area contributed by atoms with Crippen LogP contribution < -0.4 is 16.0 Å². The van der Waals surface area contributed by atoms with Gasteiger partial charge in [0.15, 0.2) is 0 Å². The van der Waals surface area contributed by atoms with Crippen molar-refractivity contribution in [3.05, 3.63) is 41.6 Å². The number of rotatable bonds is 10. The predicted octanol–water partition coefficient (Wildman–Crippen LogP) is 0.935. The number of amides is 2. The van der Waals surface area contributed by atoms with Crippen molar-refractivity contribution in [2.75, 3.05) is 25.0 Å². The summed E-state index contributed by atoms with van der Waals surface area (Å²) in [7, 11) is 0. The number of carbonyl (C=O) groups excluding carboxylic acids is 3. The summed E-state index contributed by atoms with van der Waals surface area (Å²) in [5.74, 6) is -1.19. The smallest absolute Gasteiger partial charge is 0.340 e. The van der Waals surface area contributed by atoms with E-state index in [1.807, 2.05) is 0 Å². The molecule has 0 heterocycles. The number of benzene rings is 1. The van der Waals surface area contributed by atoms with Crippen LogP contribution in [0, 0.1) is 11.3 Å². The summed E-state index contributed by atoms with van der Waals surface area (Å²) in [5.41, 5.74) is 0.340. The Balaban J connectivity index is 2.71. The van der Waals surface area contributed by atoms with Crippen LogP contribution in [0.5, 0.6) is 0 Å². The molecule has 0 radical (unpaired) electrons. The molecule has 2 amide bonds. The number of esters is 1. The fraction of sp³-hybridized carbons (Fsp3) is 0.294. The Morgan fingerprint density at radius 1 is 1.24 bits per heavy atom. The van der Waals surface area contributed by atoms with E-state index in [9.17, 15) is 14.4 Å². The lowest BCUT2D eigenvalue weighted by atomic mass is 10.1. The third-order valence-electron chi connectivity index (χ3n) is 3.01. The summed E-state index contributed by atoms with van der Waals surface area (Å²) >= 11 is 0. The van der Waals surface area contributed by atoms with Crippen molar-refractivity contribution in [3.8, 4) is 6.07 Å². The monoisotopic (exact) mass is 344 g/mol. The number of hydrogen-bond donors (Lipinski definition) is 3. The van der Waals surface area contributed by atoms with E-state index in [0.717, 1.165) is 0 Å². The van der Waals surface area contributed by atoms with Gasteiger partial charge in [-0.2, -0.15) is 5.26 Å². The molecule has 8 nitrogen and oxygen atoms in total. The maximum Gasteiger partial charge on any atom is 0.340 e. The van der Waals surface area contributed by atoms with Gasteiger partial charge in [0.05, 0.1) is 17.9 Å². The molecule has 1 aromatic rings. The van der Waals surface area contributed by atoms with Crippen molar-refractivity contribution in [2.45, 2.75) is 13.3 Å². The van der Waals surface area contributed by atoms with Gasteiger partial charge in [0.2, 0.25) is 6.41 Å². The number of nitrogens with one attached hydrogen (secondary N) is 3. The van der Waals surface area contributed by atoms with Gasteiger partial charge in [-0.3, -0.25) is 9.59 Å². The van der Waals surface area contributed by atoms with E-state index in [1.165, 1.54) is 12.3 Å². The maximum absolute atomic E-state index is 12.2. The van der Waals surface area contributed by atoms with Gasteiger partial charge < -0.3 is 20.7 Å². The molecular weight excluding hydrogens is 324 g/mol. The largest absolute Gasteiger partial charge is 0.462 e. The molecule has 0 aromatic heterocycles. The highest BCUT2D eigenvalue weighted by Crippen LogP contribution is 2.17. The molecule has 132 valence electrons. The Morgan fingerprint density at radius 3 is 2.64 bits per heavy atom. The van der Waals surface area contributed by atoms with E-state index in [1.54, 1.807) is 31.2 Å². The van der Waals surface area contributed by atoms with Crippen LogP contribution in [0.15, 0.2) is 36.0 Å². The van der Waals surface area contributed by atoms with E-state index in [-0.39, 0.29) is 23.4 Å². The van der Waals surface area contributed by atoms with Crippen molar-refractivity contribution in [2.24, 2.45) is 0 Å². The predicted molar refractivity (Wildman–Crippen MR) is 91.4 cm³/mol.